The Hall–Kier alpha value is 0.287. The molecule has 0 bridgehead atoms. The summed E-state index contributed by atoms with van der Waals surface area (Å²) >= 11 is 0. The fourth-order valence-electron chi connectivity index (χ4n) is 0.180. The monoisotopic (exact) mass is 126 g/mol. The molecule has 4 heteroatoms. The molecule has 0 aliphatic heterocycles. The quantitative estimate of drug-likeness (QED) is 0.231. The molecule has 0 aliphatic carbocycles. The Balaban J connectivity index is 0. The predicted octanol–water partition coefficient (Wildman–Crippen LogP) is -2.62. The van der Waals surface area contributed by atoms with Crippen molar-refractivity contribution in [2.75, 3.05) is 5.75 Å². The van der Waals surface area contributed by atoms with E-state index in [0.29, 0.717) is 0 Å². The summed E-state index contributed by atoms with van der Waals surface area (Å²) in [5.74, 6) is -0.0347. The van der Waals surface area contributed by atoms with E-state index in [0.717, 1.165) is 0 Å². The van der Waals surface area contributed by atoms with Crippen LogP contribution in [-0.2, 0) is 9.84 Å². The van der Waals surface area contributed by atoms with Crippen LogP contribution in [0.25, 0.3) is 0 Å². The molecule has 0 aliphatic rings. The number of hydrogen-bond acceptors (Lipinski definition) is 2. The van der Waals surface area contributed by atoms with Crippen LogP contribution >= 0.6 is 0 Å². The van der Waals surface area contributed by atoms with E-state index in [4.69, 9.17) is 0 Å². The van der Waals surface area contributed by atoms with Gasteiger partial charge in [0, 0.05) is 15.6 Å². The smallest absolute Gasteiger partial charge is 0.262 e. The fourth-order valence-corrected chi connectivity index (χ4v) is 0.539. The van der Waals surface area contributed by atoms with Crippen molar-refractivity contribution in [2.45, 2.75) is 0 Å². The van der Waals surface area contributed by atoms with Gasteiger partial charge < -0.3 is 0 Å². The fraction of sp³-hybridized carbons (Fsp3) is 0.250. The van der Waals surface area contributed by atoms with E-state index in [1.807, 2.05) is 0 Å². The summed E-state index contributed by atoms with van der Waals surface area (Å²) in [6, 6.07) is 0. The van der Waals surface area contributed by atoms with Crippen molar-refractivity contribution in [3.8, 4) is 0 Å². The molecule has 0 unspecified atom stereocenters. The summed E-state index contributed by atoms with van der Waals surface area (Å²) in [6.07, 6.45) is 4.17. The normalized spacial score (nSPS) is 9.62. The van der Waals surface area contributed by atoms with Crippen LogP contribution in [0.5, 0.6) is 0 Å². The third kappa shape index (κ3) is 9.56. The van der Waals surface area contributed by atoms with E-state index >= 15 is 0 Å². The van der Waals surface area contributed by atoms with Gasteiger partial charge in [0.1, 0.15) is 0 Å². The van der Waals surface area contributed by atoms with Gasteiger partial charge in [-0.3, -0.25) is 8.42 Å². The number of hydrogen-bond donors (Lipinski definition) is 0. The Bertz CT molecular complexity index is 147. The van der Waals surface area contributed by atoms with Crippen LogP contribution in [0.3, 0.4) is 0 Å². The zero-order valence-corrected chi connectivity index (χ0v) is 5.74. The Morgan fingerprint density at radius 3 is 2.00 bits per heavy atom. The molecule has 0 saturated carbocycles. The summed E-state index contributed by atoms with van der Waals surface area (Å²) in [7, 11) is -3.04. The Labute approximate surface area is 62.1 Å². The van der Waals surface area contributed by atoms with Crippen LogP contribution in [-0.4, -0.2) is 14.2 Å². The first-order valence-corrected chi connectivity index (χ1v) is 3.55. The van der Waals surface area contributed by atoms with Gasteiger partial charge in [0.05, 0.1) is 0 Å². The Morgan fingerprint density at radius 1 is 1.62 bits per heavy atom. The van der Waals surface area contributed by atoms with Crippen molar-refractivity contribution in [2.24, 2.45) is 0 Å². The van der Waals surface area contributed by atoms with E-state index in [2.05, 4.69) is 12.8 Å². The Kier molecular flexibility index (Phi) is 5.84. The van der Waals surface area contributed by atoms with Crippen LogP contribution in [0.4, 0.5) is 0 Å². The van der Waals surface area contributed by atoms with Crippen molar-refractivity contribution < 1.29 is 27.3 Å². The van der Waals surface area contributed by atoms with Gasteiger partial charge in [0.25, 0.3) is 0 Å². The molecular weight excluding hydrogens is 119 g/mol. The third-order valence-electron chi connectivity index (χ3n) is 0.372. The molecule has 0 fully saturated rings. The van der Waals surface area contributed by atoms with E-state index < -0.39 is 9.84 Å². The maximum Gasteiger partial charge on any atom is 1.00 e. The molecule has 42 valence electrons. The molecule has 0 rings (SSSR count). The summed E-state index contributed by atoms with van der Waals surface area (Å²) in [5.41, 5.74) is 0. The molecule has 8 heavy (non-hydrogen) atoms. The van der Waals surface area contributed by atoms with E-state index in [-0.39, 0.29) is 24.6 Å². The van der Waals surface area contributed by atoms with Gasteiger partial charge >= 0.3 is 18.9 Å². The molecule has 0 amide bonds. The molecule has 0 aromatic rings. The molecule has 0 saturated heterocycles. The van der Waals surface area contributed by atoms with E-state index in [1.165, 1.54) is 6.08 Å². The second-order valence-electron chi connectivity index (χ2n) is 1.20. The predicted molar refractivity (Wildman–Crippen MR) is 29.3 cm³/mol. The van der Waals surface area contributed by atoms with Crippen LogP contribution < -0.4 is 18.9 Å². The minimum Gasteiger partial charge on any atom is -0.262 e. The summed E-state index contributed by atoms with van der Waals surface area (Å²) < 4.78 is 20.1. The second-order valence-corrected chi connectivity index (χ2v) is 3.02. The van der Waals surface area contributed by atoms with E-state index in [1.54, 1.807) is 0 Å². The minimum atomic E-state index is -3.04. The average Bonchev–Trinajstić information content (AvgIpc) is 1.30. The van der Waals surface area contributed by atoms with Gasteiger partial charge in [-0.25, -0.2) is 6.26 Å². The van der Waals surface area contributed by atoms with Crippen molar-refractivity contribution in [1.29, 1.82) is 0 Å². The van der Waals surface area contributed by atoms with E-state index in [9.17, 15) is 8.42 Å². The number of sulfone groups is 1. The van der Waals surface area contributed by atoms with Gasteiger partial charge in [-0.2, -0.15) is 0 Å². The molecule has 0 atom stereocenters. The van der Waals surface area contributed by atoms with Crippen molar-refractivity contribution >= 4 is 9.84 Å². The van der Waals surface area contributed by atoms with Gasteiger partial charge in [-0.05, 0) is 0 Å². The van der Waals surface area contributed by atoms with Crippen LogP contribution in [0, 0.1) is 6.26 Å². The van der Waals surface area contributed by atoms with Gasteiger partial charge in [-0.15, -0.1) is 6.58 Å². The van der Waals surface area contributed by atoms with Crippen LogP contribution in [0.2, 0.25) is 0 Å². The van der Waals surface area contributed by atoms with Crippen molar-refractivity contribution in [3.63, 3.8) is 0 Å². The van der Waals surface area contributed by atoms with Gasteiger partial charge in [0.15, 0.2) is 0 Å². The maximum absolute atomic E-state index is 10.0. The molecule has 0 radical (unpaired) electrons. The van der Waals surface area contributed by atoms with Gasteiger partial charge in [-0.1, -0.05) is 6.08 Å². The van der Waals surface area contributed by atoms with Crippen molar-refractivity contribution in [3.05, 3.63) is 18.9 Å². The topological polar surface area (TPSA) is 34.1 Å². The molecule has 2 nitrogen and oxygen atoms in total. The summed E-state index contributed by atoms with van der Waals surface area (Å²) in [6.45, 7) is 3.23. The first kappa shape index (κ1) is 11.1. The Morgan fingerprint density at radius 2 is 2.00 bits per heavy atom. The van der Waals surface area contributed by atoms with Crippen molar-refractivity contribution in [1.82, 2.24) is 0 Å². The molecule has 0 aromatic carbocycles. The first-order chi connectivity index (χ1) is 3.06. The SMILES string of the molecule is C=CCS([CH2-])(=O)=O.[Li+]. The molecule has 0 spiro atoms. The first-order valence-electron chi connectivity index (χ1n) is 1.73. The molecule has 0 N–H and O–H groups in total. The molecule has 0 aromatic heterocycles. The second kappa shape index (κ2) is 4.19. The molecular formula is C4H7LiO2S. The standard InChI is InChI=1S/C4H7O2S.Li/c1-3-4-7(2,5)6;/h3H,1-2,4H2;/q-1;+1. The largest absolute Gasteiger partial charge is 1.00 e. The molecule has 0 heterocycles. The summed E-state index contributed by atoms with van der Waals surface area (Å²) in [5, 5.41) is 0. The maximum atomic E-state index is 10.0. The summed E-state index contributed by atoms with van der Waals surface area (Å²) in [4.78, 5) is 0. The van der Waals surface area contributed by atoms with Gasteiger partial charge in [0.2, 0.25) is 0 Å². The van der Waals surface area contributed by atoms with Crippen LogP contribution in [0.1, 0.15) is 0 Å². The zero-order valence-electron chi connectivity index (χ0n) is 4.92. The van der Waals surface area contributed by atoms with Crippen LogP contribution in [0.15, 0.2) is 12.7 Å². The number of rotatable bonds is 2. The minimum absolute atomic E-state index is 0. The average molecular weight is 126 g/mol. The third-order valence-corrected chi connectivity index (χ3v) is 1.12. The zero-order chi connectivity index (χ0) is 5.91.